The fourth-order valence-electron chi connectivity index (χ4n) is 2.11. The molecule has 3 N–H and O–H groups in total. The Morgan fingerprint density at radius 1 is 1.21 bits per heavy atom. The largest absolute Gasteiger partial charge is 0.508 e. The van der Waals surface area contributed by atoms with Crippen LogP contribution in [0.25, 0.3) is 0 Å². The summed E-state index contributed by atoms with van der Waals surface area (Å²) in [5.74, 6) is -1.23. The number of phenolic OH excluding ortho intramolecular Hbond substituents is 1. The Balaban J connectivity index is 1.81. The lowest BCUT2D eigenvalue weighted by Gasteiger charge is -2.08. The monoisotopic (exact) mass is 333 g/mol. The van der Waals surface area contributed by atoms with E-state index in [1.165, 1.54) is 24.3 Å². The number of carbonyl (C=O) groups is 1. The summed E-state index contributed by atoms with van der Waals surface area (Å²) in [7, 11) is 0. The molecular weight excluding hydrogens is 317 g/mol. The van der Waals surface area contributed by atoms with Gasteiger partial charge in [0, 0.05) is 18.7 Å². The van der Waals surface area contributed by atoms with Crippen LogP contribution in [-0.2, 0) is 0 Å². The third-order valence-corrected chi connectivity index (χ3v) is 3.23. The van der Waals surface area contributed by atoms with Crippen molar-refractivity contribution in [3.8, 4) is 5.75 Å². The van der Waals surface area contributed by atoms with Crippen LogP contribution in [0.2, 0.25) is 0 Å². The Kier molecular flexibility index (Phi) is 5.67. The second-order valence-electron chi connectivity index (χ2n) is 4.98. The van der Waals surface area contributed by atoms with Gasteiger partial charge in [0.05, 0.1) is 4.92 Å². The number of hydrogen-bond acceptors (Lipinski definition) is 5. The number of nitro benzene ring substituents is 1. The van der Waals surface area contributed by atoms with Gasteiger partial charge < -0.3 is 15.7 Å². The Bertz CT molecular complexity index is 752. The highest BCUT2D eigenvalue weighted by Crippen LogP contribution is 2.26. The van der Waals surface area contributed by atoms with Crippen LogP contribution in [0.4, 0.5) is 15.8 Å². The molecule has 0 saturated heterocycles. The van der Waals surface area contributed by atoms with Gasteiger partial charge in [-0.25, -0.2) is 0 Å². The maximum absolute atomic E-state index is 13.4. The van der Waals surface area contributed by atoms with E-state index >= 15 is 0 Å². The standard InChI is InChI=1S/C16H16FN3O4/c17-13-6-2-7-14(15(13)20(23)24)18-8-3-9-19-16(22)11-4-1-5-12(21)10-11/h1-2,4-7,10,18,21H,3,8-9H2,(H,19,22). The molecule has 0 bridgehead atoms. The average molecular weight is 333 g/mol. The first kappa shape index (κ1) is 17.2. The van der Waals surface area contributed by atoms with Gasteiger partial charge >= 0.3 is 5.69 Å². The van der Waals surface area contributed by atoms with Crippen LogP contribution in [-0.4, -0.2) is 29.0 Å². The summed E-state index contributed by atoms with van der Waals surface area (Å²) in [5, 5.41) is 25.6. The van der Waals surface area contributed by atoms with Gasteiger partial charge in [-0.15, -0.1) is 0 Å². The molecule has 0 spiro atoms. The van der Waals surface area contributed by atoms with E-state index in [2.05, 4.69) is 10.6 Å². The molecule has 0 fully saturated rings. The van der Waals surface area contributed by atoms with Crippen LogP contribution in [0.3, 0.4) is 0 Å². The molecule has 1 amide bonds. The number of benzene rings is 2. The van der Waals surface area contributed by atoms with Crippen molar-refractivity contribution in [3.63, 3.8) is 0 Å². The lowest BCUT2D eigenvalue weighted by Crippen LogP contribution is -2.25. The fraction of sp³-hybridized carbons (Fsp3) is 0.188. The summed E-state index contributed by atoms with van der Waals surface area (Å²) in [4.78, 5) is 21.9. The number of aromatic hydroxyl groups is 1. The topological polar surface area (TPSA) is 104 Å². The zero-order chi connectivity index (χ0) is 17.5. The predicted octanol–water partition coefficient (Wildman–Crippen LogP) is 2.67. The SMILES string of the molecule is O=C(NCCCNc1cccc(F)c1[N+](=O)[O-])c1cccc(O)c1. The number of rotatable bonds is 7. The minimum absolute atomic E-state index is 0.00253. The Hall–Kier alpha value is -3.16. The summed E-state index contributed by atoms with van der Waals surface area (Å²) in [6.45, 7) is 0.648. The van der Waals surface area contributed by atoms with Gasteiger partial charge in [0.2, 0.25) is 5.82 Å². The number of para-hydroxylation sites is 1. The number of amides is 1. The van der Waals surface area contributed by atoms with E-state index in [1.807, 2.05) is 0 Å². The van der Waals surface area contributed by atoms with Crippen LogP contribution in [0.5, 0.6) is 5.75 Å². The highest BCUT2D eigenvalue weighted by atomic mass is 19.1. The molecule has 0 radical (unpaired) electrons. The molecule has 0 unspecified atom stereocenters. The zero-order valence-electron chi connectivity index (χ0n) is 12.7. The van der Waals surface area contributed by atoms with Crippen LogP contribution < -0.4 is 10.6 Å². The third-order valence-electron chi connectivity index (χ3n) is 3.23. The van der Waals surface area contributed by atoms with Crippen LogP contribution >= 0.6 is 0 Å². The molecule has 0 saturated carbocycles. The van der Waals surface area contributed by atoms with Gasteiger partial charge in [-0.3, -0.25) is 14.9 Å². The minimum Gasteiger partial charge on any atom is -0.508 e. The number of halogens is 1. The van der Waals surface area contributed by atoms with Crippen molar-refractivity contribution in [1.29, 1.82) is 0 Å². The number of nitrogens with one attached hydrogen (secondary N) is 2. The van der Waals surface area contributed by atoms with Gasteiger partial charge in [0.15, 0.2) is 0 Å². The van der Waals surface area contributed by atoms with Crippen molar-refractivity contribution in [2.75, 3.05) is 18.4 Å². The summed E-state index contributed by atoms with van der Waals surface area (Å²) in [6, 6.07) is 9.79. The molecule has 0 aromatic heterocycles. The van der Waals surface area contributed by atoms with E-state index in [0.29, 0.717) is 25.1 Å². The van der Waals surface area contributed by atoms with E-state index < -0.39 is 16.4 Å². The molecule has 7 nitrogen and oxygen atoms in total. The molecule has 8 heteroatoms. The number of phenols is 1. The fourth-order valence-corrected chi connectivity index (χ4v) is 2.11. The molecule has 0 heterocycles. The second-order valence-corrected chi connectivity index (χ2v) is 4.98. The molecule has 0 aliphatic carbocycles. The van der Waals surface area contributed by atoms with Crippen molar-refractivity contribution in [2.24, 2.45) is 0 Å². The van der Waals surface area contributed by atoms with Crippen molar-refractivity contribution < 1.29 is 19.2 Å². The number of hydrogen-bond donors (Lipinski definition) is 3. The van der Waals surface area contributed by atoms with Crippen LogP contribution in [0.1, 0.15) is 16.8 Å². The normalized spacial score (nSPS) is 10.2. The summed E-state index contributed by atoms with van der Waals surface area (Å²) < 4.78 is 13.4. The van der Waals surface area contributed by atoms with Crippen molar-refractivity contribution in [3.05, 3.63) is 64.0 Å². The number of carbonyl (C=O) groups excluding carboxylic acids is 1. The highest BCUT2D eigenvalue weighted by molar-refractivity contribution is 5.94. The zero-order valence-corrected chi connectivity index (χ0v) is 12.7. The van der Waals surface area contributed by atoms with Crippen molar-refractivity contribution >= 4 is 17.3 Å². The first-order valence-corrected chi connectivity index (χ1v) is 7.23. The molecule has 2 rings (SSSR count). The molecule has 0 aliphatic rings. The Labute approximate surface area is 137 Å². The first-order valence-electron chi connectivity index (χ1n) is 7.23. The number of anilines is 1. The molecular formula is C16H16FN3O4. The van der Waals surface area contributed by atoms with E-state index in [0.717, 1.165) is 6.07 Å². The summed E-state index contributed by atoms with van der Waals surface area (Å²) in [5.41, 5.74) is -0.163. The summed E-state index contributed by atoms with van der Waals surface area (Å²) >= 11 is 0. The van der Waals surface area contributed by atoms with Gasteiger partial charge in [-0.05, 0) is 36.8 Å². The molecule has 2 aromatic carbocycles. The van der Waals surface area contributed by atoms with E-state index in [1.54, 1.807) is 12.1 Å². The van der Waals surface area contributed by atoms with Gasteiger partial charge in [0.25, 0.3) is 5.91 Å². The Morgan fingerprint density at radius 3 is 2.67 bits per heavy atom. The van der Waals surface area contributed by atoms with E-state index in [4.69, 9.17) is 0 Å². The van der Waals surface area contributed by atoms with E-state index in [9.17, 15) is 24.4 Å². The highest BCUT2D eigenvalue weighted by Gasteiger charge is 2.19. The minimum atomic E-state index is -0.901. The lowest BCUT2D eigenvalue weighted by atomic mass is 10.2. The maximum atomic E-state index is 13.4. The smallest absolute Gasteiger partial charge is 0.327 e. The number of nitro groups is 1. The predicted molar refractivity (Wildman–Crippen MR) is 86.6 cm³/mol. The quantitative estimate of drug-likeness (QED) is 0.410. The van der Waals surface area contributed by atoms with Crippen LogP contribution in [0.15, 0.2) is 42.5 Å². The van der Waals surface area contributed by atoms with Gasteiger partial charge in [-0.1, -0.05) is 12.1 Å². The average Bonchev–Trinajstić information content (AvgIpc) is 2.54. The Morgan fingerprint density at radius 2 is 1.96 bits per heavy atom. The molecule has 24 heavy (non-hydrogen) atoms. The van der Waals surface area contributed by atoms with Crippen molar-refractivity contribution in [1.82, 2.24) is 5.32 Å². The lowest BCUT2D eigenvalue weighted by molar-refractivity contribution is -0.386. The molecule has 126 valence electrons. The first-order chi connectivity index (χ1) is 11.5. The molecule has 2 aromatic rings. The van der Waals surface area contributed by atoms with E-state index in [-0.39, 0.29) is 17.3 Å². The second kappa shape index (κ2) is 7.91. The van der Waals surface area contributed by atoms with Gasteiger partial charge in [0.1, 0.15) is 11.4 Å². The maximum Gasteiger partial charge on any atom is 0.327 e. The third kappa shape index (κ3) is 4.42. The molecule has 0 atom stereocenters. The summed E-state index contributed by atoms with van der Waals surface area (Å²) in [6.07, 6.45) is 0.484. The van der Waals surface area contributed by atoms with Crippen molar-refractivity contribution in [2.45, 2.75) is 6.42 Å². The number of nitrogens with zero attached hydrogens (tertiary/aromatic N) is 1. The molecule has 0 aliphatic heterocycles. The van der Waals surface area contributed by atoms with Crippen LogP contribution in [0, 0.1) is 15.9 Å². The van der Waals surface area contributed by atoms with Gasteiger partial charge in [-0.2, -0.15) is 4.39 Å².